The van der Waals surface area contributed by atoms with Crippen molar-refractivity contribution in [3.05, 3.63) is 66.9 Å². The predicted octanol–water partition coefficient (Wildman–Crippen LogP) is 4.28. The molecule has 2 aromatic carbocycles. The molecule has 8 nitrogen and oxygen atoms in total. The van der Waals surface area contributed by atoms with Crippen molar-refractivity contribution in [3.63, 3.8) is 0 Å². The second-order valence-corrected chi connectivity index (χ2v) is 7.55. The Labute approximate surface area is 181 Å². The van der Waals surface area contributed by atoms with Crippen LogP contribution in [0.2, 0.25) is 0 Å². The Bertz CT molecular complexity index is 1380. The molecule has 5 aromatic rings. The molecule has 154 valence electrons. The van der Waals surface area contributed by atoms with Crippen molar-refractivity contribution in [1.82, 2.24) is 19.6 Å². The molecule has 3 aromatic heterocycles. The summed E-state index contributed by atoms with van der Waals surface area (Å²) in [6.07, 6.45) is 1.59. The zero-order valence-corrected chi connectivity index (χ0v) is 17.3. The second kappa shape index (κ2) is 8.11. The van der Waals surface area contributed by atoms with Crippen molar-refractivity contribution in [2.45, 2.75) is 5.16 Å². The number of methoxy groups -OCH3 is 1. The van der Waals surface area contributed by atoms with Gasteiger partial charge in [-0.2, -0.15) is 0 Å². The second-order valence-electron chi connectivity index (χ2n) is 6.61. The van der Waals surface area contributed by atoms with Crippen LogP contribution in [0.3, 0.4) is 0 Å². The largest absolute Gasteiger partial charge is 0.495 e. The highest BCUT2D eigenvalue weighted by molar-refractivity contribution is 7.99. The molecule has 0 aliphatic carbocycles. The molecule has 0 fully saturated rings. The van der Waals surface area contributed by atoms with E-state index in [1.54, 1.807) is 31.6 Å². The number of fused-ring (bicyclic) bond motifs is 3. The molecule has 0 saturated carbocycles. The van der Waals surface area contributed by atoms with Gasteiger partial charge in [-0.1, -0.05) is 36.0 Å². The molecule has 9 heteroatoms. The molecule has 0 aliphatic heterocycles. The smallest absolute Gasteiger partial charge is 0.234 e. The molecule has 31 heavy (non-hydrogen) atoms. The Morgan fingerprint density at radius 3 is 2.77 bits per heavy atom. The molecule has 1 amide bonds. The van der Waals surface area contributed by atoms with E-state index in [-0.39, 0.29) is 11.7 Å². The van der Waals surface area contributed by atoms with Crippen molar-refractivity contribution in [2.24, 2.45) is 0 Å². The standard InChI is InChI=1S/C22H17N5O3S/c1-29-17-10-5-4-9-16(17)23-19(28)13-31-22-26-25-20-14-7-2-3-8-15(14)24-21(27(20)22)18-11-6-12-30-18/h2-12H,13H2,1H3,(H,23,28). The van der Waals surface area contributed by atoms with Crippen LogP contribution in [0.15, 0.2) is 76.5 Å². The summed E-state index contributed by atoms with van der Waals surface area (Å²) in [5, 5.41) is 13.0. The summed E-state index contributed by atoms with van der Waals surface area (Å²) >= 11 is 1.27. The topological polar surface area (TPSA) is 94.5 Å². The number of rotatable bonds is 6. The van der Waals surface area contributed by atoms with Crippen LogP contribution in [0, 0.1) is 0 Å². The molecule has 0 saturated heterocycles. The number of carbonyl (C=O) groups is 1. The lowest BCUT2D eigenvalue weighted by Gasteiger charge is -2.10. The first-order chi connectivity index (χ1) is 15.2. The maximum atomic E-state index is 12.6. The fraction of sp³-hybridized carbons (Fsp3) is 0.0909. The van der Waals surface area contributed by atoms with Crippen LogP contribution in [0.25, 0.3) is 28.1 Å². The van der Waals surface area contributed by atoms with Gasteiger partial charge in [-0.05, 0) is 36.4 Å². The third-order valence-corrected chi connectivity index (χ3v) is 5.60. The first-order valence-electron chi connectivity index (χ1n) is 9.48. The minimum Gasteiger partial charge on any atom is -0.495 e. The predicted molar refractivity (Wildman–Crippen MR) is 118 cm³/mol. The lowest BCUT2D eigenvalue weighted by Crippen LogP contribution is -2.15. The van der Waals surface area contributed by atoms with Crippen LogP contribution >= 0.6 is 11.8 Å². The molecule has 0 bridgehead atoms. The third kappa shape index (κ3) is 3.59. The summed E-state index contributed by atoms with van der Waals surface area (Å²) in [5.74, 6) is 1.74. The summed E-state index contributed by atoms with van der Waals surface area (Å²) in [6, 6.07) is 18.6. The van der Waals surface area contributed by atoms with Gasteiger partial charge < -0.3 is 14.5 Å². The van der Waals surface area contributed by atoms with Gasteiger partial charge in [0.05, 0.1) is 30.3 Å². The Morgan fingerprint density at radius 2 is 1.94 bits per heavy atom. The lowest BCUT2D eigenvalue weighted by molar-refractivity contribution is -0.113. The van der Waals surface area contributed by atoms with E-state index in [9.17, 15) is 4.79 Å². The van der Waals surface area contributed by atoms with Crippen molar-refractivity contribution < 1.29 is 13.9 Å². The number of benzene rings is 2. The fourth-order valence-electron chi connectivity index (χ4n) is 3.29. The maximum Gasteiger partial charge on any atom is 0.234 e. The molecule has 0 spiro atoms. The quantitative estimate of drug-likeness (QED) is 0.401. The molecule has 5 rings (SSSR count). The number of carbonyl (C=O) groups excluding carboxylic acids is 1. The van der Waals surface area contributed by atoms with E-state index in [0.29, 0.717) is 33.8 Å². The van der Waals surface area contributed by atoms with Gasteiger partial charge in [0.25, 0.3) is 0 Å². The Hall–Kier alpha value is -3.85. The van der Waals surface area contributed by atoms with Crippen molar-refractivity contribution in [1.29, 1.82) is 0 Å². The maximum absolute atomic E-state index is 12.6. The first-order valence-corrected chi connectivity index (χ1v) is 10.5. The van der Waals surface area contributed by atoms with E-state index in [2.05, 4.69) is 15.5 Å². The van der Waals surface area contributed by atoms with E-state index in [4.69, 9.17) is 14.1 Å². The highest BCUT2D eigenvalue weighted by atomic mass is 32.2. The van der Waals surface area contributed by atoms with Gasteiger partial charge >= 0.3 is 0 Å². The Balaban J connectivity index is 1.48. The van der Waals surface area contributed by atoms with Crippen LogP contribution in [-0.2, 0) is 4.79 Å². The molecular weight excluding hydrogens is 414 g/mol. The van der Waals surface area contributed by atoms with Crippen LogP contribution in [0.5, 0.6) is 5.75 Å². The van der Waals surface area contributed by atoms with Gasteiger partial charge in [-0.15, -0.1) is 10.2 Å². The zero-order chi connectivity index (χ0) is 21.2. The van der Waals surface area contributed by atoms with E-state index < -0.39 is 0 Å². The molecule has 0 unspecified atom stereocenters. The first kappa shape index (κ1) is 19.1. The van der Waals surface area contributed by atoms with E-state index in [0.717, 1.165) is 10.9 Å². The molecule has 0 atom stereocenters. The summed E-state index contributed by atoms with van der Waals surface area (Å²) in [6.45, 7) is 0. The molecule has 0 aliphatic rings. The number of amides is 1. The van der Waals surface area contributed by atoms with Gasteiger partial charge in [-0.3, -0.25) is 9.20 Å². The van der Waals surface area contributed by atoms with Crippen molar-refractivity contribution >= 4 is 39.9 Å². The monoisotopic (exact) mass is 431 g/mol. The van der Waals surface area contributed by atoms with E-state index >= 15 is 0 Å². The third-order valence-electron chi connectivity index (χ3n) is 4.67. The number of anilines is 1. The molecule has 1 N–H and O–H groups in total. The van der Waals surface area contributed by atoms with Gasteiger partial charge in [0.1, 0.15) is 5.75 Å². The number of thioether (sulfide) groups is 1. The normalized spacial score (nSPS) is 11.1. The van der Waals surface area contributed by atoms with Gasteiger partial charge in [0.2, 0.25) is 5.91 Å². The number of aromatic nitrogens is 4. The van der Waals surface area contributed by atoms with Gasteiger partial charge in [-0.25, -0.2) is 4.98 Å². The SMILES string of the molecule is COc1ccccc1NC(=O)CSc1nnc2c3ccccc3nc(-c3ccco3)n12. The number of ether oxygens (including phenoxy) is 1. The number of nitrogens with one attached hydrogen (secondary N) is 1. The summed E-state index contributed by atoms with van der Waals surface area (Å²) < 4.78 is 12.7. The number of para-hydroxylation sites is 3. The lowest BCUT2D eigenvalue weighted by atomic mass is 10.2. The van der Waals surface area contributed by atoms with Crippen molar-refractivity contribution in [2.75, 3.05) is 18.2 Å². The van der Waals surface area contributed by atoms with E-state index in [1.165, 1.54) is 11.8 Å². The van der Waals surface area contributed by atoms with Gasteiger partial charge in [0.15, 0.2) is 22.4 Å². The molecule has 3 heterocycles. The van der Waals surface area contributed by atoms with E-state index in [1.807, 2.05) is 46.9 Å². The average Bonchev–Trinajstić information content (AvgIpc) is 3.48. The summed E-state index contributed by atoms with van der Waals surface area (Å²) in [5.41, 5.74) is 2.06. The Morgan fingerprint density at radius 1 is 1.10 bits per heavy atom. The molecular formula is C22H17N5O3S. The van der Waals surface area contributed by atoms with Crippen LogP contribution in [-0.4, -0.2) is 38.4 Å². The summed E-state index contributed by atoms with van der Waals surface area (Å²) in [7, 11) is 1.57. The molecule has 0 radical (unpaired) electrons. The average molecular weight is 431 g/mol. The van der Waals surface area contributed by atoms with Gasteiger partial charge in [0, 0.05) is 5.39 Å². The number of furan rings is 1. The van der Waals surface area contributed by atoms with Crippen molar-refractivity contribution in [3.8, 4) is 17.3 Å². The van der Waals surface area contributed by atoms with Crippen LogP contribution < -0.4 is 10.1 Å². The number of hydrogen-bond donors (Lipinski definition) is 1. The minimum absolute atomic E-state index is 0.142. The van der Waals surface area contributed by atoms with Crippen LogP contribution in [0.1, 0.15) is 0 Å². The fourth-order valence-corrected chi connectivity index (χ4v) is 4.02. The highest BCUT2D eigenvalue weighted by Gasteiger charge is 2.19. The minimum atomic E-state index is -0.181. The highest BCUT2D eigenvalue weighted by Crippen LogP contribution is 2.29. The summed E-state index contributed by atoms with van der Waals surface area (Å²) in [4.78, 5) is 17.3. The Kier molecular flexibility index (Phi) is 5.01. The number of hydrogen-bond acceptors (Lipinski definition) is 7. The number of nitrogens with zero attached hydrogens (tertiary/aromatic N) is 4. The van der Waals surface area contributed by atoms with Crippen LogP contribution in [0.4, 0.5) is 5.69 Å². The zero-order valence-electron chi connectivity index (χ0n) is 16.5.